The quantitative estimate of drug-likeness (QED) is 0.513. The molecule has 0 amide bonds. The average molecular weight is 199 g/mol. The smallest absolute Gasteiger partial charge is 0.452 e. The molecule has 0 fully saturated rings. The Morgan fingerprint density at radius 3 is 2.23 bits per heavy atom. The van der Waals surface area contributed by atoms with Crippen molar-refractivity contribution in [1.29, 1.82) is 0 Å². The first-order chi connectivity index (χ1) is 5.80. The van der Waals surface area contributed by atoms with Crippen LogP contribution in [0.5, 0.6) is 0 Å². The van der Waals surface area contributed by atoms with Crippen LogP contribution < -0.4 is 5.73 Å². The van der Waals surface area contributed by atoms with Crippen LogP contribution in [0.1, 0.15) is 6.92 Å². The van der Waals surface area contributed by atoms with Crippen LogP contribution in [-0.2, 0) is 14.3 Å². The van der Waals surface area contributed by atoms with Gasteiger partial charge in [-0.1, -0.05) is 0 Å². The van der Waals surface area contributed by atoms with Crippen molar-refractivity contribution in [3.05, 3.63) is 0 Å². The van der Waals surface area contributed by atoms with Gasteiger partial charge in [0.05, 0.1) is 6.61 Å². The van der Waals surface area contributed by atoms with Crippen molar-refractivity contribution >= 4 is 11.8 Å². The van der Waals surface area contributed by atoms with Gasteiger partial charge < -0.3 is 10.5 Å². The molecule has 0 radical (unpaired) electrons. The molecule has 0 heterocycles. The Labute approximate surface area is 71.8 Å². The number of Topliss-reactive ketones (excluding diaryl/α,β-unsaturated/α-hetero) is 1. The molecule has 2 N–H and O–H groups in total. The zero-order chi connectivity index (χ0) is 10.6. The molecule has 0 aromatic carbocycles. The highest BCUT2D eigenvalue weighted by molar-refractivity contribution is 6.05. The highest BCUT2D eigenvalue weighted by atomic mass is 19.4. The molecule has 7 heteroatoms. The lowest BCUT2D eigenvalue weighted by atomic mass is 10.2. The number of hydrogen-bond donors (Lipinski definition) is 1. The maximum absolute atomic E-state index is 11.7. The molecule has 0 spiro atoms. The van der Waals surface area contributed by atoms with Gasteiger partial charge >= 0.3 is 12.1 Å². The van der Waals surface area contributed by atoms with E-state index in [4.69, 9.17) is 0 Å². The van der Waals surface area contributed by atoms with Crippen LogP contribution >= 0.6 is 0 Å². The first kappa shape index (κ1) is 11.9. The van der Waals surface area contributed by atoms with E-state index in [0.29, 0.717) is 0 Å². The number of nitrogens with two attached hydrogens (primary N) is 1. The molecule has 0 rings (SSSR count). The van der Waals surface area contributed by atoms with E-state index in [-0.39, 0.29) is 6.61 Å². The van der Waals surface area contributed by atoms with Crippen molar-refractivity contribution in [2.24, 2.45) is 5.73 Å². The molecule has 0 aromatic heterocycles. The second-order valence-electron chi connectivity index (χ2n) is 2.09. The maximum Gasteiger partial charge on any atom is 0.452 e. The lowest BCUT2D eigenvalue weighted by Gasteiger charge is -2.10. The third-order valence-corrected chi connectivity index (χ3v) is 1.10. The number of hydrogen-bond acceptors (Lipinski definition) is 4. The van der Waals surface area contributed by atoms with Gasteiger partial charge in [0, 0.05) is 0 Å². The third kappa shape index (κ3) is 3.41. The molecule has 4 nitrogen and oxygen atoms in total. The van der Waals surface area contributed by atoms with E-state index in [1.54, 1.807) is 0 Å². The highest BCUT2D eigenvalue weighted by Gasteiger charge is 2.45. The van der Waals surface area contributed by atoms with Gasteiger partial charge in [-0.05, 0) is 6.92 Å². The summed E-state index contributed by atoms with van der Waals surface area (Å²) >= 11 is 0. The van der Waals surface area contributed by atoms with Gasteiger partial charge in [0.2, 0.25) is 0 Å². The Bertz CT molecular complexity index is 214. The molecular formula is C6H8F3NO3. The molecule has 0 aromatic rings. The Morgan fingerprint density at radius 2 is 1.92 bits per heavy atom. The number of esters is 1. The number of alkyl halides is 3. The van der Waals surface area contributed by atoms with Gasteiger partial charge in [-0.2, -0.15) is 13.2 Å². The molecule has 13 heavy (non-hydrogen) atoms. The lowest BCUT2D eigenvalue weighted by Crippen LogP contribution is -2.46. The molecule has 0 aliphatic carbocycles. The van der Waals surface area contributed by atoms with E-state index in [1.807, 2.05) is 0 Å². The van der Waals surface area contributed by atoms with Crippen molar-refractivity contribution in [3.8, 4) is 0 Å². The standard InChI is InChI=1S/C6H8F3NO3/c1-2-13-5(12)3(10)4(11)6(7,8)9/h3H,2,10H2,1H3/t3-/m1/s1. The fourth-order valence-corrected chi connectivity index (χ4v) is 0.515. The maximum atomic E-state index is 11.7. The Morgan fingerprint density at radius 1 is 1.46 bits per heavy atom. The van der Waals surface area contributed by atoms with Gasteiger partial charge in [0.25, 0.3) is 5.78 Å². The van der Waals surface area contributed by atoms with Gasteiger partial charge in [-0.25, -0.2) is 4.79 Å². The second kappa shape index (κ2) is 4.22. The minimum absolute atomic E-state index is 0.127. The molecule has 0 aliphatic heterocycles. The zero-order valence-electron chi connectivity index (χ0n) is 6.72. The van der Waals surface area contributed by atoms with E-state index in [9.17, 15) is 22.8 Å². The Kier molecular flexibility index (Phi) is 3.86. The molecular weight excluding hydrogens is 191 g/mol. The summed E-state index contributed by atoms with van der Waals surface area (Å²) in [5, 5.41) is 0. The SMILES string of the molecule is CCOC(=O)[C@H](N)C(=O)C(F)(F)F. The van der Waals surface area contributed by atoms with Crippen molar-refractivity contribution in [2.45, 2.75) is 19.1 Å². The summed E-state index contributed by atoms with van der Waals surface area (Å²) in [7, 11) is 0. The summed E-state index contributed by atoms with van der Waals surface area (Å²) in [6, 6.07) is -2.28. The van der Waals surface area contributed by atoms with E-state index in [0.717, 1.165) is 0 Å². The Balaban J connectivity index is 4.35. The van der Waals surface area contributed by atoms with Gasteiger partial charge in [0.15, 0.2) is 6.04 Å². The van der Waals surface area contributed by atoms with E-state index in [1.165, 1.54) is 6.92 Å². The summed E-state index contributed by atoms with van der Waals surface area (Å²) < 4.78 is 39.1. The van der Waals surface area contributed by atoms with E-state index >= 15 is 0 Å². The van der Waals surface area contributed by atoms with Crippen LogP contribution in [0.15, 0.2) is 0 Å². The molecule has 1 atom stereocenters. The van der Waals surface area contributed by atoms with Gasteiger partial charge in [-0.3, -0.25) is 4.79 Å². The minimum Gasteiger partial charge on any atom is -0.464 e. The second-order valence-corrected chi connectivity index (χ2v) is 2.09. The summed E-state index contributed by atoms with van der Waals surface area (Å²) in [5.74, 6) is -3.67. The number of halogens is 3. The molecule has 0 unspecified atom stereocenters. The van der Waals surface area contributed by atoms with Crippen molar-refractivity contribution in [1.82, 2.24) is 0 Å². The van der Waals surface area contributed by atoms with E-state index < -0.39 is 24.0 Å². The van der Waals surface area contributed by atoms with Gasteiger partial charge in [-0.15, -0.1) is 0 Å². The zero-order valence-corrected chi connectivity index (χ0v) is 6.72. The first-order valence-corrected chi connectivity index (χ1v) is 3.34. The predicted octanol–water partition coefficient (Wildman–Crippen LogP) is 0.00820. The van der Waals surface area contributed by atoms with Crippen molar-refractivity contribution in [3.63, 3.8) is 0 Å². The molecule has 76 valence electrons. The summed E-state index contributed by atoms with van der Waals surface area (Å²) in [6.07, 6.45) is -5.10. The number of rotatable bonds is 3. The Hall–Kier alpha value is -1.11. The van der Waals surface area contributed by atoms with Crippen LogP contribution in [0.2, 0.25) is 0 Å². The van der Waals surface area contributed by atoms with Crippen LogP contribution in [0.4, 0.5) is 13.2 Å². The third-order valence-electron chi connectivity index (χ3n) is 1.10. The molecule has 0 saturated heterocycles. The predicted molar refractivity (Wildman–Crippen MR) is 35.7 cm³/mol. The number of ketones is 1. The summed E-state index contributed by atoms with van der Waals surface area (Å²) in [5.41, 5.74) is 4.69. The van der Waals surface area contributed by atoms with Crippen molar-refractivity contribution < 1.29 is 27.5 Å². The normalized spacial score (nSPS) is 13.6. The molecule has 0 bridgehead atoms. The van der Waals surface area contributed by atoms with E-state index in [2.05, 4.69) is 10.5 Å². The summed E-state index contributed by atoms with van der Waals surface area (Å²) in [4.78, 5) is 20.9. The molecule has 0 saturated carbocycles. The number of carbonyl (C=O) groups excluding carboxylic acids is 2. The topological polar surface area (TPSA) is 69.4 Å². The average Bonchev–Trinajstić information content (AvgIpc) is 2.00. The highest BCUT2D eigenvalue weighted by Crippen LogP contribution is 2.17. The molecule has 0 aliphatic rings. The monoisotopic (exact) mass is 199 g/mol. The van der Waals surface area contributed by atoms with Crippen LogP contribution in [0.25, 0.3) is 0 Å². The minimum atomic E-state index is -5.10. The lowest BCUT2D eigenvalue weighted by molar-refractivity contribution is -0.176. The van der Waals surface area contributed by atoms with Gasteiger partial charge in [0.1, 0.15) is 0 Å². The fourth-order valence-electron chi connectivity index (χ4n) is 0.515. The number of ether oxygens (including phenoxy) is 1. The number of carbonyl (C=O) groups is 2. The van der Waals surface area contributed by atoms with Crippen LogP contribution in [-0.4, -0.2) is 30.6 Å². The fraction of sp³-hybridized carbons (Fsp3) is 0.667. The largest absolute Gasteiger partial charge is 0.464 e. The van der Waals surface area contributed by atoms with Crippen LogP contribution in [0.3, 0.4) is 0 Å². The van der Waals surface area contributed by atoms with Crippen molar-refractivity contribution in [2.75, 3.05) is 6.61 Å². The van der Waals surface area contributed by atoms with Crippen LogP contribution in [0, 0.1) is 0 Å². The first-order valence-electron chi connectivity index (χ1n) is 3.34. The summed E-state index contributed by atoms with van der Waals surface area (Å²) in [6.45, 7) is 1.26.